The van der Waals surface area contributed by atoms with Crippen LogP contribution in [0.4, 0.5) is 0 Å². The minimum absolute atomic E-state index is 0.122. The van der Waals surface area contributed by atoms with Gasteiger partial charge in [0.1, 0.15) is 11.3 Å². The third kappa shape index (κ3) is 3.59. The summed E-state index contributed by atoms with van der Waals surface area (Å²) in [6.07, 6.45) is 4.90. The van der Waals surface area contributed by atoms with E-state index in [9.17, 15) is 4.79 Å². The molecule has 0 amide bonds. The van der Waals surface area contributed by atoms with E-state index in [0.29, 0.717) is 17.1 Å². The predicted molar refractivity (Wildman–Crippen MR) is 95.3 cm³/mol. The number of carbonyl (C=O) groups is 1. The summed E-state index contributed by atoms with van der Waals surface area (Å²) >= 11 is 0. The van der Waals surface area contributed by atoms with Crippen LogP contribution in [0.3, 0.4) is 0 Å². The number of carbonyl (C=O) groups excluding carboxylic acids is 1. The number of nitrogens with zero attached hydrogens (tertiary/aromatic N) is 5. The molecule has 8 heteroatoms. The quantitative estimate of drug-likeness (QED) is 0.504. The molecule has 0 fully saturated rings. The van der Waals surface area contributed by atoms with Gasteiger partial charge in [-0.05, 0) is 12.1 Å². The Bertz CT molecular complexity index is 1060. The van der Waals surface area contributed by atoms with Gasteiger partial charge in [-0.3, -0.25) is 9.67 Å². The first-order valence-corrected chi connectivity index (χ1v) is 8.20. The van der Waals surface area contributed by atoms with Gasteiger partial charge in [0.15, 0.2) is 6.61 Å². The van der Waals surface area contributed by atoms with E-state index in [2.05, 4.69) is 20.2 Å². The lowest BCUT2D eigenvalue weighted by Crippen LogP contribution is -2.06. The van der Waals surface area contributed by atoms with Crippen molar-refractivity contribution in [2.75, 3.05) is 0 Å². The molecule has 3 aromatic heterocycles. The van der Waals surface area contributed by atoms with Crippen molar-refractivity contribution in [1.82, 2.24) is 24.9 Å². The molecular weight excluding hydrogens is 346 g/mol. The third-order valence-corrected chi connectivity index (χ3v) is 3.83. The summed E-state index contributed by atoms with van der Waals surface area (Å²) in [5.74, 6) is 0.145. The van der Waals surface area contributed by atoms with E-state index in [4.69, 9.17) is 9.26 Å². The molecule has 4 aromatic rings. The highest BCUT2D eigenvalue weighted by Gasteiger charge is 2.19. The van der Waals surface area contributed by atoms with Crippen LogP contribution in [0.2, 0.25) is 0 Å². The van der Waals surface area contributed by atoms with E-state index in [-0.39, 0.29) is 12.5 Å². The van der Waals surface area contributed by atoms with Gasteiger partial charge in [-0.2, -0.15) is 10.1 Å². The lowest BCUT2D eigenvalue weighted by molar-refractivity contribution is 0.0430. The second-order valence-electron chi connectivity index (χ2n) is 5.75. The Labute approximate surface area is 154 Å². The Balaban J connectivity index is 1.49. The van der Waals surface area contributed by atoms with E-state index >= 15 is 0 Å². The third-order valence-electron chi connectivity index (χ3n) is 3.83. The first-order valence-electron chi connectivity index (χ1n) is 8.20. The minimum atomic E-state index is -0.519. The van der Waals surface area contributed by atoms with Crippen LogP contribution in [0.25, 0.3) is 22.6 Å². The van der Waals surface area contributed by atoms with Crippen molar-refractivity contribution < 1.29 is 14.1 Å². The van der Waals surface area contributed by atoms with Crippen LogP contribution in [0.5, 0.6) is 0 Å². The van der Waals surface area contributed by atoms with Crippen molar-refractivity contribution in [3.05, 3.63) is 72.5 Å². The average Bonchev–Trinajstić information content (AvgIpc) is 3.34. The maximum absolute atomic E-state index is 12.5. The highest BCUT2D eigenvalue weighted by Crippen LogP contribution is 2.22. The zero-order chi connectivity index (χ0) is 18.6. The number of ether oxygens (including phenoxy) is 1. The Morgan fingerprint density at radius 2 is 1.89 bits per heavy atom. The summed E-state index contributed by atoms with van der Waals surface area (Å²) in [5, 5.41) is 8.24. The Hall–Kier alpha value is -3.81. The lowest BCUT2D eigenvalue weighted by atomic mass is 10.1. The largest absolute Gasteiger partial charge is 0.452 e. The molecule has 0 N–H and O–H groups in total. The van der Waals surface area contributed by atoms with E-state index in [1.807, 2.05) is 30.3 Å². The number of rotatable bonds is 5. The molecule has 8 nitrogen and oxygen atoms in total. The second kappa shape index (κ2) is 7.20. The van der Waals surface area contributed by atoms with Crippen molar-refractivity contribution in [3.63, 3.8) is 0 Å². The summed E-state index contributed by atoms with van der Waals surface area (Å²) in [6.45, 7) is -0.122. The van der Waals surface area contributed by atoms with Crippen LogP contribution in [-0.2, 0) is 18.4 Å². The minimum Gasteiger partial charge on any atom is -0.452 e. The summed E-state index contributed by atoms with van der Waals surface area (Å²) in [4.78, 5) is 20.7. The van der Waals surface area contributed by atoms with Crippen molar-refractivity contribution in [2.45, 2.75) is 6.61 Å². The normalized spacial score (nSPS) is 10.7. The maximum atomic E-state index is 12.5. The van der Waals surface area contributed by atoms with Gasteiger partial charge in [0.2, 0.25) is 5.82 Å². The molecular formula is C19H15N5O3. The molecule has 27 heavy (non-hydrogen) atoms. The fraction of sp³-hybridized carbons (Fsp3) is 0.105. The van der Waals surface area contributed by atoms with E-state index < -0.39 is 5.97 Å². The molecule has 0 saturated carbocycles. The molecule has 0 aliphatic heterocycles. The maximum Gasteiger partial charge on any atom is 0.342 e. The summed E-state index contributed by atoms with van der Waals surface area (Å²) in [6, 6.07) is 13.0. The second-order valence-corrected chi connectivity index (χ2v) is 5.75. The zero-order valence-corrected chi connectivity index (χ0v) is 14.4. The van der Waals surface area contributed by atoms with Crippen LogP contribution >= 0.6 is 0 Å². The van der Waals surface area contributed by atoms with Crippen molar-refractivity contribution in [1.29, 1.82) is 0 Å². The fourth-order valence-corrected chi connectivity index (χ4v) is 2.58. The average molecular weight is 361 g/mol. The molecule has 0 bridgehead atoms. The van der Waals surface area contributed by atoms with Crippen molar-refractivity contribution in [3.8, 4) is 22.6 Å². The first kappa shape index (κ1) is 16.6. The Kier molecular flexibility index (Phi) is 4.44. The molecule has 3 heterocycles. The smallest absolute Gasteiger partial charge is 0.342 e. The van der Waals surface area contributed by atoms with Gasteiger partial charge < -0.3 is 9.26 Å². The van der Waals surface area contributed by atoms with E-state index in [0.717, 1.165) is 11.1 Å². The topological polar surface area (TPSA) is 95.9 Å². The monoisotopic (exact) mass is 361 g/mol. The molecule has 0 atom stereocenters. The van der Waals surface area contributed by atoms with Crippen LogP contribution in [0.15, 0.2) is 65.6 Å². The fourth-order valence-electron chi connectivity index (χ4n) is 2.58. The summed E-state index contributed by atoms with van der Waals surface area (Å²) < 4.78 is 12.1. The van der Waals surface area contributed by atoms with Gasteiger partial charge in [-0.15, -0.1) is 0 Å². The summed E-state index contributed by atoms with van der Waals surface area (Å²) in [5.41, 5.74) is 2.49. The SMILES string of the molecule is Cn1cc(C(=O)OCc2nc(-c3ccccc3)no2)c(-c2ccncc2)n1. The van der Waals surface area contributed by atoms with Gasteiger partial charge in [0, 0.05) is 36.8 Å². The van der Waals surface area contributed by atoms with E-state index in [1.165, 1.54) is 0 Å². The van der Waals surface area contributed by atoms with Crippen LogP contribution in [-0.4, -0.2) is 30.9 Å². The number of pyridine rings is 1. The molecule has 134 valence electrons. The highest BCUT2D eigenvalue weighted by atomic mass is 16.6. The van der Waals surface area contributed by atoms with Crippen LogP contribution in [0, 0.1) is 0 Å². The molecule has 0 saturated heterocycles. The lowest BCUT2D eigenvalue weighted by Gasteiger charge is -2.02. The number of hydrogen-bond donors (Lipinski definition) is 0. The van der Waals surface area contributed by atoms with Gasteiger partial charge in [-0.25, -0.2) is 4.79 Å². The molecule has 1 aromatic carbocycles. The summed E-state index contributed by atoms with van der Waals surface area (Å²) in [7, 11) is 1.74. The Morgan fingerprint density at radius 3 is 2.67 bits per heavy atom. The van der Waals surface area contributed by atoms with Gasteiger partial charge in [-0.1, -0.05) is 35.5 Å². The number of hydrogen-bond acceptors (Lipinski definition) is 7. The van der Waals surface area contributed by atoms with Crippen molar-refractivity contribution >= 4 is 5.97 Å². The number of esters is 1. The molecule has 0 aliphatic rings. The predicted octanol–water partition coefficient (Wildman–Crippen LogP) is 2.89. The Morgan fingerprint density at radius 1 is 1.11 bits per heavy atom. The zero-order valence-electron chi connectivity index (χ0n) is 14.4. The molecule has 0 radical (unpaired) electrons. The van der Waals surface area contributed by atoms with Crippen LogP contribution < -0.4 is 0 Å². The number of benzene rings is 1. The standard InChI is InChI=1S/C19H15N5O3/c1-24-11-15(17(22-24)13-7-9-20-10-8-13)19(25)26-12-16-21-18(23-27-16)14-5-3-2-4-6-14/h2-11H,12H2,1H3. The molecule has 0 unspecified atom stereocenters. The van der Waals surface area contributed by atoms with Gasteiger partial charge in [0.25, 0.3) is 5.89 Å². The van der Waals surface area contributed by atoms with E-state index in [1.54, 1.807) is 42.5 Å². The molecule has 0 spiro atoms. The molecule has 4 rings (SSSR count). The molecule has 0 aliphatic carbocycles. The number of aryl methyl sites for hydroxylation is 1. The van der Waals surface area contributed by atoms with Gasteiger partial charge >= 0.3 is 5.97 Å². The van der Waals surface area contributed by atoms with Gasteiger partial charge in [0.05, 0.1) is 0 Å². The highest BCUT2D eigenvalue weighted by molar-refractivity contribution is 5.95. The van der Waals surface area contributed by atoms with Crippen LogP contribution in [0.1, 0.15) is 16.2 Å². The first-order chi connectivity index (χ1) is 13.2. The van der Waals surface area contributed by atoms with Crippen molar-refractivity contribution in [2.24, 2.45) is 7.05 Å². The number of aromatic nitrogens is 5.